The Kier molecular flexibility index (Phi) is 5.07. The lowest BCUT2D eigenvalue weighted by atomic mass is 10.2. The van der Waals surface area contributed by atoms with Crippen molar-refractivity contribution < 1.29 is 14.3 Å². The second-order valence-corrected chi connectivity index (χ2v) is 6.01. The molecule has 0 aliphatic carbocycles. The van der Waals surface area contributed by atoms with Crippen LogP contribution in [0.1, 0.15) is 21.6 Å². The minimum Gasteiger partial charge on any atom is -0.497 e. The van der Waals surface area contributed by atoms with E-state index in [1.807, 2.05) is 30.3 Å². The van der Waals surface area contributed by atoms with Gasteiger partial charge in [0.2, 0.25) is 0 Å². The highest BCUT2D eigenvalue weighted by atomic mass is 32.1. The van der Waals surface area contributed by atoms with Gasteiger partial charge in [0.15, 0.2) is 5.69 Å². The molecule has 0 N–H and O–H groups in total. The van der Waals surface area contributed by atoms with Crippen molar-refractivity contribution in [2.24, 2.45) is 0 Å². The van der Waals surface area contributed by atoms with E-state index in [1.165, 1.54) is 11.3 Å². The topological polar surface area (TPSA) is 72.2 Å². The van der Waals surface area contributed by atoms with Crippen LogP contribution in [0, 0.1) is 11.3 Å². The van der Waals surface area contributed by atoms with Crippen molar-refractivity contribution >= 4 is 17.3 Å². The van der Waals surface area contributed by atoms with Crippen LogP contribution in [0.4, 0.5) is 0 Å². The van der Waals surface area contributed by atoms with Crippen molar-refractivity contribution in [2.75, 3.05) is 7.11 Å². The number of hydrogen-bond donors (Lipinski definition) is 0. The fourth-order valence-electron chi connectivity index (χ4n) is 2.13. The number of nitrogens with zero attached hydrogens (tertiary/aromatic N) is 2. The molecule has 6 heteroatoms. The molecule has 0 fully saturated rings. The molecule has 0 saturated heterocycles. The third kappa shape index (κ3) is 4.03. The van der Waals surface area contributed by atoms with E-state index in [2.05, 4.69) is 4.98 Å². The first kappa shape index (κ1) is 16.7. The van der Waals surface area contributed by atoms with E-state index in [9.17, 15) is 4.79 Å². The summed E-state index contributed by atoms with van der Waals surface area (Å²) in [7, 11) is 1.61. The van der Waals surface area contributed by atoms with Gasteiger partial charge in [-0.15, -0.1) is 11.3 Å². The van der Waals surface area contributed by atoms with Crippen molar-refractivity contribution in [3.8, 4) is 22.4 Å². The summed E-state index contributed by atoms with van der Waals surface area (Å²) in [4.78, 5) is 16.5. The molecule has 5 nitrogen and oxygen atoms in total. The average molecular weight is 350 g/mol. The summed E-state index contributed by atoms with van der Waals surface area (Å²) in [5.74, 6) is 0.294. The lowest BCUT2D eigenvalue weighted by Crippen LogP contribution is -2.05. The van der Waals surface area contributed by atoms with Gasteiger partial charge in [-0.25, -0.2) is 9.78 Å². The minimum absolute atomic E-state index is 0.139. The van der Waals surface area contributed by atoms with Crippen LogP contribution in [0.3, 0.4) is 0 Å². The Labute approximate surface area is 149 Å². The molecule has 0 atom stereocenters. The maximum absolute atomic E-state index is 12.1. The number of methoxy groups -OCH3 is 1. The molecule has 0 unspecified atom stereocenters. The van der Waals surface area contributed by atoms with Gasteiger partial charge in [0.25, 0.3) is 0 Å². The summed E-state index contributed by atoms with van der Waals surface area (Å²) in [6.45, 7) is 0.139. The van der Waals surface area contributed by atoms with Gasteiger partial charge >= 0.3 is 5.97 Å². The molecule has 3 aromatic rings. The summed E-state index contributed by atoms with van der Waals surface area (Å²) in [5.41, 5.74) is 2.58. The number of rotatable bonds is 5. The Morgan fingerprint density at radius 2 is 1.88 bits per heavy atom. The number of esters is 1. The molecular weight excluding hydrogens is 336 g/mol. The summed E-state index contributed by atoms with van der Waals surface area (Å²) in [6.07, 6.45) is 0. The van der Waals surface area contributed by atoms with Gasteiger partial charge < -0.3 is 9.47 Å². The molecule has 1 heterocycles. The fraction of sp³-hybridized carbons (Fsp3) is 0.105. The van der Waals surface area contributed by atoms with Crippen LogP contribution in [0.2, 0.25) is 0 Å². The molecule has 0 amide bonds. The highest BCUT2D eigenvalue weighted by Gasteiger charge is 2.13. The maximum Gasteiger partial charge on any atom is 0.358 e. The number of carbonyl (C=O) groups is 1. The normalized spacial score (nSPS) is 10.1. The quantitative estimate of drug-likeness (QED) is 0.649. The summed E-state index contributed by atoms with van der Waals surface area (Å²) in [5, 5.41) is 11.2. The average Bonchev–Trinajstić information content (AvgIpc) is 3.17. The Morgan fingerprint density at radius 3 is 2.52 bits per heavy atom. The van der Waals surface area contributed by atoms with E-state index in [0.717, 1.165) is 21.9 Å². The third-order valence-electron chi connectivity index (χ3n) is 3.50. The number of hydrogen-bond acceptors (Lipinski definition) is 6. The molecule has 2 aromatic carbocycles. The van der Waals surface area contributed by atoms with Crippen LogP contribution in [-0.4, -0.2) is 18.1 Å². The molecule has 3 rings (SSSR count). The molecule has 124 valence electrons. The second kappa shape index (κ2) is 7.60. The molecule has 1 aromatic heterocycles. The molecular formula is C19H14N2O3S. The van der Waals surface area contributed by atoms with Gasteiger partial charge in [0.05, 0.1) is 18.7 Å². The number of carbonyl (C=O) groups excluding carboxylic acids is 1. The molecule has 0 aliphatic rings. The Balaban J connectivity index is 1.64. The third-order valence-corrected chi connectivity index (χ3v) is 4.39. The van der Waals surface area contributed by atoms with Crippen LogP contribution in [0.25, 0.3) is 10.6 Å². The standard InChI is InChI=1S/C19H14N2O3S/c1-23-16-8-6-15(7-9-16)18-21-17(12-25-18)19(22)24-11-14-4-2-13(10-20)3-5-14/h2-9,12H,11H2,1H3. The van der Waals surface area contributed by atoms with Gasteiger partial charge in [-0.1, -0.05) is 12.1 Å². The summed E-state index contributed by atoms with van der Waals surface area (Å²) >= 11 is 1.38. The molecule has 0 radical (unpaired) electrons. The van der Waals surface area contributed by atoms with Crippen LogP contribution in [-0.2, 0) is 11.3 Å². The zero-order valence-electron chi connectivity index (χ0n) is 13.4. The van der Waals surface area contributed by atoms with E-state index in [4.69, 9.17) is 14.7 Å². The summed E-state index contributed by atoms with van der Waals surface area (Å²) < 4.78 is 10.4. The highest BCUT2D eigenvalue weighted by molar-refractivity contribution is 7.13. The smallest absolute Gasteiger partial charge is 0.358 e. The van der Waals surface area contributed by atoms with Gasteiger partial charge in [0, 0.05) is 10.9 Å². The highest BCUT2D eigenvalue weighted by Crippen LogP contribution is 2.26. The zero-order chi connectivity index (χ0) is 17.6. The number of ether oxygens (including phenoxy) is 2. The van der Waals surface area contributed by atoms with E-state index in [0.29, 0.717) is 5.56 Å². The first-order chi connectivity index (χ1) is 12.2. The maximum atomic E-state index is 12.1. The van der Waals surface area contributed by atoms with E-state index < -0.39 is 5.97 Å². The van der Waals surface area contributed by atoms with Crippen LogP contribution in [0.15, 0.2) is 53.9 Å². The second-order valence-electron chi connectivity index (χ2n) is 5.15. The first-order valence-corrected chi connectivity index (χ1v) is 8.33. The Hall–Kier alpha value is -3.17. The van der Waals surface area contributed by atoms with Crippen LogP contribution >= 0.6 is 11.3 Å². The summed E-state index contributed by atoms with van der Waals surface area (Å²) in [6, 6.07) is 16.4. The fourth-order valence-corrected chi connectivity index (χ4v) is 2.93. The van der Waals surface area contributed by atoms with Gasteiger partial charge in [0.1, 0.15) is 17.4 Å². The largest absolute Gasteiger partial charge is 0.497 e. The van der Waals surface area contributed by atoms with Gasteiger partial charge in [-0.3, -0.25) is 0 Å². The molecule has 25 heavy (non-hydrogen) atoms. The lowest BCUT2D eigenvalue weighted by molar-refractivity contribution is 0.0467. The number of thiazole rings is 1. The van der Waals surface area contributed by atoms with Crippen LogP contribution in [0.5, 0.6) is 5.75 Å². The van der Waals surface area contributed by atoms with E-state index in [-0.39, 0.29) is 12.3 Å². The van der Waals surface area contributed by atoms with Crippen molar-refractivity contribution in [3.63, 3.8) is 0 Å². The lowest BCUT2D eigenvalue weighted by Gasteiger charge is -2.03. The van der Waals surface area contributed by atoms with Gasteiger partial charge in [-0.2, -0.15) is 5.26 Å². The van der Waals surface area contributed by atoms with Crippen LogP contribution < -0.4 is 4.74 Å². The molecule has 0 spiro atoms. The Morgan fingerprint density at radius 1 is 1.16 bits per heavy atom. The monoisotopic (exact) mass is 350 g/mol. The number of benzene rings is 2. The zero-order valence-corrected chi connectivity index (χ0v) is 14.2. The molecule has 0 saturated carbocycles. The predicted molar refractivity (Wildman–Crippen MR) is 94.4 cm³/mol. The molecule has 0 bridgehead atoms. The predicted octanol–water partition coefficient (Wildman–Crippen LogP) is 4.05. The first-order valence-electron chi connectivity index (χ1n) is 7.45. The Bertz CT molecular complexity index is 909. The van der Waals surface area contributed by atoms with E-state index in [1.54, 1.807) is 36.8 Å². The number of aromatic nitrogens is 1. The van der Waals surface area contributed by atoms with Crippen molar-refractivity contribution in [1.29, 1.82) is 5.26 Å². The number of nitriles is 1. The van der Waals surface area contributed by atoms with Crippen molar-refractivity contribution in [3.05, 3.63) is 70.7 Å². The van der Waals surface area contributed by atoms with Crippen molar-refractivity contribution in [2.45, 2.75) is 6.61 Å². The SMILES string of the molecule is COc1ccc(-c2nc(C(=O)OCc3ccc(C#N)cc3)cs2)cc1. The molecule has 0 aliphatic heterocycles. The minimum atomic E-state index is -0.472. The van der Waals surface area contributed by atoms with Gasteiger partial charge in [-0.05, 0) is 42.0 Å². The van der Waals surface area contributed by atoms with Crippen molar-refractivity contribution in [1.82, 2.24) is 4.98 Å². The van der Waals surface area contributed by atoms with E-state index >= 15 is 0 Å².